The molecule has 0 aromatic heterocycles. The molecule has 2 amide bonds. The lowest BCUT2D eigenvalue weighted by Gasteiger charge is -2.13. The fraction of sp³-hybridized carbons (Fsp3) is 0.833. The predicted molar refractivity (Wildman–Crippen MR) is 66.4 cm³/mol. The summed E-state index contributed by atoms with van der Waals surface area (Å²) >= 11 is 0. The molecular weight excluding hydrogens is 236 g/mol. The van der Waals surface area contributed by atoms with Crippen LogP contribution in [0.5, 0.6) is 0 Å². The quantitative estimate of drug-likeness (QED) is 0.538. The molecule has 0 heterocycles. The summed E-state index contributed by atoms with van der Waals surface area (Å²) in [7, 11) is 0. The molecule has 3 N–H and O–H groups in total. The molecule has 0 spiro atoms. The van der Waals surface area contributed by atoms with Crippen LogP contribution >= 0.6 is 0 Å². The molecule has 0 aliphatic heterocycles. The number of carboxylic acids is 1. The number of carboxylic acid groups (broad SMARTS) is 1. The lowest BCUT2D eigenvalue weighted by molar-refractivity contribution is -0.139. The lowest BCUT2D eigenvalue weighted by Crippen LogP contribution is -2.45. The molecule has 0 unspecified atom stereocenters. The van der Waals surface area contributed by atoms with Gasteiger partial charge in [0.15, 0.2) is 0 Å². The van der Waals surface area contributed by atoms with Gasteiger partial charge in [-0.25, -0.2) is 9.59 Å². The van der Waals surface area contributed by atoms with Gasteiger partial charge < -0.3 is 20.5 Å². The van der Waals surface area contributed by atoms with Crippen LogP contribution in [0.4, 0.5) is 4.79 Å². The van der Waals surface area contributed by atoms with Gasteiger partial charge in [-0.1, -0.05) is 6.92 Å². The van der Waals surface area contributed by atoms with Gasteiger partial charge in [0.05, 0.1) is 0 Å². The Labute approximate surface area is 107 Å². The Morgan fingerprint density at radius 3 is 2.72 bits per heavy atom. The monoisotopic (exact) mass is 258 g/mol. The zero-order valence-electron chi connectivity index (χ0n) is 10.8. The fourth-order valence-corrected chi connectivity index (χ4v) is 1.46. The smallest absolute Gasteiger partial charge is 0.326 e. The normalized spacial score (nSPS) is 16.1. The van der Waals surface area contributed by atoms with Crippen LogP contribution in [0.3, 0.4) is 0 Å². The molecule has 0 saturated heterocycles. The molecule has 0 radical (unpaired) electrons. The number of hydrogen-bond acceptors (Lipinski definition) is 3. The maximum Gasteiger partial charge on any atom is 0.326 e. The van der Waals surface area contributed by atoms with Crippen molar-refractivity contribution in [2.75, 3.05) is 19.8 Å². The SMILES string of the molecule is CC[C@H](NC(=O)NCCCOCC1CC1)C(=O)O. The van der Waals surface area contributed by atoms with Crippen LogP contribution in [0.15, 0.2) is 0 Å². The highest BCUT2D eigenvalue weighted by Gasteiger charge is 2.21. The van der Waals surface area contributed by atoms with Crippen molar-refractivity contribution in [3.63, 3.8) is 0 Å². The van der Waals surface area contributed by atoms with Crippen molar-refractivity contribution in [1.29, 1.82) is 0 Å². The van der Waals surface area contributed by atoms with Crippen LogP contribution in [0, 0.1) is 5.92 Å². The number of aliphatic carboxylic acids is 1. The van der Waals surface area contributed by atoms with E-state index >= 15 is 0 Å². The van der Waals surface area contributed by atoms with Gasteiger partial charge in [-0.05, 0) is 31.6 Å². The second-order valence-corrected chi connectivity index (χ2v) is 4.57. The number of carbonyl (C=O) groups is 2. The molecule has 6 heteroatoms. The van der Waals surface area contributed by atoms with Crippen LogP contribution in [-0.2, 0) is 9.53 Å². The molecule has 1 saturated carbocycles. The maximum atomic E-state index is 11.3. The Hall–Kier alpha value is -1.30. The second kappa shape index (κ2) is 7.92. The van der Waals surface area contributed by atoms with E-state index in [9.17, 15) is 9.59 Å². The fourth-order valence-electron chi connectivity index (χ4n) is 1.46. The number of ether oxygens (including phenoxy) is 1. The van der Waals surface area contributed by atoms with E-state index < -0.39 is 18.0 Å². The highest BCUT2D eigenvalue weighted by Crippen LogP contribution is 2.28. The Morgan fingerprint density at radius 2 is 2.17 bits per heavy atom. The number of amides is 2. The first-order valence-corrected chi connectivity index (χ1v) is 6.48. The van der Waals surface area contributed by atoms with Crippen LogP contribution in [0.1, 0.15) is 32.6 Å². The van der Waals surface area contributed by atoms with E-state index in [-0.39, 0.29) is 0 Å². The Bertz CT molecular complexity index is 279. The summed E-state index contributed by atoms with van der Waals surface area (Å²) in [6, 6.07) is -1.26. The van der Waals surface area contributed by atoms with Crippen LogP contribution in [0.2, 0.25) is 0 Å². The van der Waals surface area contributed by atoms with Crippen molar-refractivity contribution in [3.8, 4) is 0 Å². The van der Waals surface area contributed by atoms with Gasteiger partial charge in [-0.15, -0.1) is 0 Å². The molecule has 0 aromatic carbocycles. The van der Waals surface area contributed by atoms with Crippen molar-refractivity contribution >= 4 is 12.0 Å². The minimum atomic E-state index is -1.01. The van der Waals surface area contributed by atoms with Gasteiger partial charge in [0.1, 0.15) is 6.04 Å². The van der Waals surface area contributed by atoms with E-state index in [1.165, 1.54) is 12.8 Å². The van der Waals surface area contributed by atoms with Crippen molar-refractivity contribution in [3.05, 3.63) is 0 Å². The second-order valence-electron chi connectivity index (χ2n) is 4.57. The molecule has 0 aromatic rings. The van der Waals surface area contributed by atoms with Crippen molar-refractivity contribution in [2.24, 2.45) is 5.92 Å². The summed E-state index contributed by atoms with van der Waals surface area (Å²) in [6.45, 7) is 3.66. The highest BCUT2D eigenvalue weighted by molar-refractivity contribution is 5.82. The van der Waals surface area contributed by atoms with Gasteiger partial charge in [-0.3, -0.25) is 0 Å². The minimum absolute atomic E-state index is 0.368. The van der Waals surface area contributed by atoms with Crippen molar-refractivity contribution in [2.45, 2.75) is 38.6 Å². The first kappa shape index (κ1) is 14.8. The Morgan fingerprint density at radius 1 is 1.44 bits per heavy atom. The number of urea groups is 1. The van der Waals surface area contributed by atoms with Gasteiger partial charge in [0.2, 0.25) is 0 Å². The molecule has 1 aliphatic carbocycles. The number of hydrogen-bond donors (Lipinski definition) is 3. The van der Waals surface area contributed by atoms with E-state index in [0.29, 0.717) is 19.6 Å². The summed E-state index contributed by atoms with van der Waals surface area (Å²) in [5.74, 6) is -0.262. The zero-order valence-corrected chi connectivity index (χ0v) is 10.8. The molecule has 1 aliphatic rings. The summed E-state index contributed by atoms with van der Waals surface area (Å²) in [5.41, 5.74) is 0. The molecule has 18 heavy (non-hydrogen) atoms. The van der Waals surface area contributed by atoms with Crippen molar-refractivity contribution < 1.29 is 19.4 Å². The van der Waals surface area contributed by atoms with Crippen LogP contribution < -0.4 is 10.6 Å². The zero-order chi connectivity index (χ0) is 13.4. The molecule has 1 rings (SSSR count). The molecule has 6 nitrogen and oxygen atoms in total. The number of nitrogens with one attached hydrogen (secondary N) is 2. The average molecular weight is 258 g/mol. The summed E-state index contributed by atoms with van der Waals surface area (Å²) in [4.78, 5) is 22.0. The minimum Gasteiger partial charge on any atom is -0.480 e. The third-order valence-corrected chi connectivity index (χ3v) is 2.81. The molecular formula is C12H22N2O4. The van der Waals surface area contributed by atoms with Gasteiger partial charge in [0.25, 0.3) is 0 Å². The topological polar surface area (TPSA) is 87.7 Å². The molecule has 0 bridgehead atoms. The van der Waals surface area contributed by atoms with E-state index in [1.807, 2.05) is 0 Å². The summed E-state index contributed by atoms with van der Waals surface area (Å²) in [5, 5.41) is 13.8. The van der Waals surface area contributed by atoms with E-state index in [1.54, 1.807) is 6.92 Å². The van der Waals surface area contributed by atoms with Gasteiger partial charge in [0, 0.05) is 19.8 Å². The largest absolute Gasteiger partial charge is 0.480 e. The van der Waals surface area contributed by atoms with Gasteiger partial charge in [-0.2, -0.15) is 0 Å². The maximum absolute atomic E-state index is 11.3. The average Bonchev–Trinajstić information content (AvgIpc) is 3.14. The number of carbonyl (C=O) groups excluding carboxylic acids is 1. The third-order valence-electron chi connectivity index (χ3n) is 2.81. The first-order valence-electron chi connectivity index (χ1n) is 6.48. The first-order chi connectivity index (χ1) is 8.63. The third kappa shape index (κ3) is 6.44. The Balaban J connectivity index is 1.96. The molecule has 1 atom stereocenters. The molecule has 104 valence electrons. The van der Waals surface area contributed by atoms with Crippen molar-refractivity contribution in [1.82, 2.24) is 10.6 Å². The summed E-state index contributed by atoms with van der Waals surface area (Å²) in [6.07, 6.45) is 3.65. The van der Waals surface area contributed by atoms with Gasteiger partial charge >= 0.3 is 12.0 Å². The van der Waals surface area contributed by atoms with E-state index in [0.717, 1.165) is 18.9 Å². The predicted octanol–water partition coefficient (Wildman–Crippen LogP) is 0.965. The molecule has 1 fully saturated rings. The lowest BCUT2D eigenvalue weighted by atomic mass is 10.2. The highest BCUT2D eigenvalue weighted by atomic mass is 16.5. The Kier molecular flexibility index (Phi) is 6.49. The standard InChI is InChI=1S/C12H22N2O4/c1-2-10(11(15)16)14-12(17)13-6-3-7-18-8-9-4-5-9/h9-10H,2-8H2,1H3,(H,15,16)(H2,13,14,17)/t10-/m0/s1. The van der Waals surface area contributed by atoms with Crippen LogP contribution in [-0.4, -0.2) is 42.9 Å². The van der Waals surface area contributed by atoms with E-state index in [2.05, 4.69) is 10.6 Å². The van der Waals surface area contributed by atoms with Crippen LogP contribution in [0.25, 0.3) is 0 Å². The summed E-state index contributed by atoms with van der Waals surface area (Å²) < 4.78 is 5.41. The van der Waals surface area contributed by atoms with E-state index in [4.69, 9.17) is 9.84 Å². The number of rotatable bonds is 9.